The molecule has 5 heteroatoms. The van der Waals surface area contributed by atoms with E-state index in [-0.39, 0.29) is 0 Å². The van der Waals surface area contributed by atoms with Crippen molar-refractivity contribution in [2.45, 2.75) is 25.8 Å². The van der Waals surface area contributed by atoms with E-state index in [1.165, 1.54) is 19.4 Å². The summed E-state index contributed by atoms with van der Waals surface area (Å²) < 4.78 is 1.87. The maximum absolute atomic E-state index is 6.07. The second-order valence-corrected chi connectivity index (χ2v) is 5.10. The van der Waals surface area contributed by atoms with Gasteiger partial charge in [-0.3, -0.25) is 4.68 Å². The fourth-order valence-corrected chi connectivity index (χ4v) is 2.73. The van der Waals surface area contributed by atoms with Crippen LogP contribution in [0, 0.1) is 6.92 Å². The van der Waals surface area contributed by atoms with E-state index in [4.69, 9.17) is 5.73 Å². The summed E-state index contributed by atoms with van der Waals surface area (Å²) in [6.45, 7) is 4.17. The van der Waals surface area contributed by atoms with Gasteiger partial charge >= 0.3 is 0 Å². The van der Waals surface area contributed by atoms with Crippen molar-refractivity contribution >= 4 is 11.5 Å². The Labute approximate surface area is 103 Å². The third-order valence-corrected chi connectivity index (χ3v) is 3.75. The van der Waals surface area contributed by atoms with Gasteiger partial charge in [0, 0.05) is 26.7 Å². The predicted octanol–water partition coefficient (Wildman–Crippen LogP) is 0.841. The minimum atomic E-state index is 0.634. The molecule has 0 aromatic carbocycles. The van der Waals surface area contributed by atoms with E-state index in [1.807, 2.05) is 18.7 Å². The maximum Gasteiger partial charge on any atom is 0.150 e. The maximum atomic E-state index is 6.07. The van der Waals surface area contributed by atoms with E-state index in [2.05, 4.69) is 29.0 Å². The number of nitrogens with zero attached hydrogens (tertiary/aromatic N) is 4. The fraction of sp³-hybridized carbons (Fsp3) is 0.750. The lowest BCUT2D eigenvalue weighted by Gasteiger charge is -2.27. The summed E-state index contributed by atoms with van der Waals surface area (Å²) in [5, 5.41) is 4.36. The Hall–Kier alpha value is -1.23. The SMILES string of the molecule is Cc1nn(C)c(N(C)CC2CCCN2C)c1N. The monoisotopic (exact) mass is 237 g/mol. The van der Waals surface area contributed by atoms with Crippen LogP contribution >= 0.6 is 0 Å². The van der Waals surface area contributed by atoms with Crippen molar-refractivity contribution in [1.82, 2.24) is 14.7 Å². The number of nitrogens with two attached hydrogens (primary N) is 1. The van der Waals surface area contributed by atoms with Crippen molar-refractivity contribution in [3.05, 3.63) is 5.69 Å². The molecule has 2 heterocycles. The summed E-state index contributed by atoms with van der Waals surface area (Å²) in [7, 11) is 6.25. The first kappa shape index (κ1) is 12.2. The molecule has 1 aliphatic rings. The average molecular weight is 237 g/mol. The lowest BCUT2D eigenvalue weighted by atomic mass is 10.2. The van der Waals surface area contributed by atoms with Gasteiger partial charge in [0.25, 0.3) is 0 Å². The van der Waals surface area contributed by atoms with Crippen LogP contribution in [-0.2, 0) is 7.05 Å². The molecule has 1 aromatic rings. The van der Waals surface area contributed by atoms with Gasteiger partial charge in [-0.2, -0.15) is 5.10 Å². The van der Waals surface area contributed by atoms with Crippen LogP contribution in [0.2, 0.25) is 0 Å². The molecule has 96 valence electrons. The first-order valence-electron chi connectivity index (χ1n) is 6.21. The number of likely N-dealkylation sites (N-methyl/N-ethyl adjacent to an activating group) is 2. The molecule has 1 aliphatic heterocycles. The third-order valence-electron chi connectivity index (χ3n) is 3.75. The van der Waals surface area contributed by atoms with Crippen molar-refractivity contribution in [3.63, 3.8) is 0 Å². The van der Waals surface area contributed by atoms with Gasteiger partial charge in [-0.25, -0.2) is 0 Å². The zero-order valence-corrected chi connectivity index (χ0v) is 11.3. The van der Waals surface area contributed by atoms with Gasteiger partial charge in [0.1, 0.15) is 5.82 Å². The zero-order valence-electron chi connectivity index (χ0n) is 11.3. The molecule has 1 saturated heterocycles. The van der Waals surface area contributed by atoms with Crippen molar-refractivity contribution in [1.29, 1.82) is 0 Å². The standard InChI is InChI=1S/C12H23N5/c1-9-11(13)12(17(4)14-9)16(3)8-10-6-5-7-15(10)2/h10H,5-8,13H2,1-4H3. The molecule has 0 bridgehead atoms. The van der Waals surface area contributed by atoms with Crippen LogP contribution in [0.5, 0.6) is 0 Å². The first-order valence-corrected chi connectivity index (χ1v) is 6.21. The Kier molecular flexibility index (Phi) is 3.28. The normalized spacial score (nSPS) is 21.1. The highest BCUT2D eigenvalue weighted by atomic mass is 15.4. The van der Waals surface area contributed by atoms with Gasteiger partial charge in [0.05, 0.1) is 11.4 Å². The molecular formula is C12H23N5. The summed E-state index contributed by atoms with van der Waals surface area (Å²) in [6.07, 6.45) is 2.58. The van der Waals surface area contributed by atoms with Crippen molar-refractivity contribution in [3.8, 4) is 0 Å². The lowest BCUT2D eigenvalue weighted by Crippen LogP contribution is -2.37. The van der Waals surface area contributed by atoms with Gasteiger partial charge < -0.3 is 15.5 Å². The Bertz CT molecular complexity index is 398. The summed E-state index contributed by atoms with van der Waals surface area (Å²) in [4.78, 5) is 4.65. The molecule has 1 aromatic heterocycles. The van der Waals surface area contributed by atoms with Crippen LogP contribution in [-0.4, -0.2) is 47.9 Å². The molecule has 5 nitrogen and oxygen atoms in total. The minimum Gasteiger partial charge on any atom is -0.394 e. The van der Waals surface area contributed by atoms with E-state index in [0.29, 0.717) is 6.04 Å². The molecule has 1 fully saturated rings. The predicted molar refractivity (Wildman–Crippen MR) is 71.3 cm³/mol. The average Bonchev–Trinajstić information content (AvgIpc) is 2.74. The highest BCUT2D eigenvalue weighted by Crippen LogP contribution is 2.26. The molecule has 2 N–H and O–H groups in total. The van der Waals surface area contributed by atoms with Gasteiger partial charge in [-0.05, 0) is 33.4 Å². The fourth-order valence-electron chi connectivity index (χ4n) is 2.73. The largest absolute Gasteiger partial charge is 0.394 e. The Morgan fingerprint density at radius 1 is 1.47 bits per heavy atom. The van der Waals surface area contributed by atoms with Crippen molar-refractivity contribution in [2.24, 2.45) is 7.05 Å². The van der Waals surface area contributed by atoms with Crippen LogP contribution < -0.4 is 10.6 Å². The van der Waals surface area contributed by atoms with E-state index >= 15 is 0 Å². The molecule has 0 saturated carbocycles. The number of rotatable bonds is 3. The number of aryl methyl sites for hydroxylation is 2. The molecule has 0 amide bonds. The second kappa shape index (κ2) is 4.56. The summed E-state index contributed by atoms with van der Waals surface area (Å²) in [5.74, 6) is 1.03. The molecule has 1 unspecified atom stereocenters. The number of anilines is 2. The van der Waals surface area contributed by atoms with Gasteiger partial charge in [0.2, 0.25) is 0 Å². The molecule has 0 aliphatic carbocycles. The van der Waals surface area contributed by atoms with E-state index < -0.39 is 0 Å². The van der Waals surface area contributed by atoms with Crippen LogP contribution in [0.25, 0.3) is 0 Å². The first-order chi connectivity index (χ1) is 8.00. The van der Waals surface area contributed by atoms with Crippen molar-refractivity contribution < 1.29 is 0 Å². The zero-order chi connectivity index (χ0) is 12.6. The molecule has 1 atom stereocenters. The number of hydrogen-bond acceptors (Lipinski definition) is 4. The van der Waals surface area contributed by atoms with Gasteiger partial charge in [-0.1, -0.05) is 0 Å². The third kappa shape index (κ3) is 2.24. The lowest BCUT2D eigenvalue weighted by molar-refractivity contribution is 0.313. The summed E-state index contributed by atoms with van der Waals surface area (Å²) in [6, 6.07) is 0.634. The number of hydrogen-bond donors (Lipinski definition) is 1. The summed E-state index contributed by atoms with van der Waals surface area (Å²) >= 11 is 0. The molecule has 17 heavy (non-hydrogen) atoms. The van der Waals surface area contributed by atoms with E-state index in [0.717, 1.165) is 23.7 Å². The van der Waals surface area contributed by atoms with E-state index in [9.17, 15) is 0 Å². The van der Waals surface area contributed by atoms with Crippen LogP contribution in [0.3, 0.4) is 0 Å². The van der Waals surface area contributed by atoms with Crippen LogP contribution in [0.4, 0.5) is 11.5 Å². The van der Waals surface area contributed by atoms with Crippen LogP contribution in [0.1, 0.15) is 18.5 Å². The molecule has 2 rings (SSSR count). The number of likely N-dealkylation sites (tertiary alicyclic amines) is 1. The quantitative estimate of drug-likeness (QED) is 0.846. The molecule has 0 radical (unpaired) electrons. The second-order valence-electron chi connectivity index (χ2n) is 5.10. The summed E-state index contributed by atoms with van der Waals surface area (Å²) in [5.41, 5.74) is 7.79. The Morgan fingerprint density at radius 2 is 2.18 bits per heavy atom. The minimum absolute atomic E-state index is 0.634. The Morgan fingerprint density at radius 3 is 2.65 bits per heavy atom. The van der Waals surface area contributed by atoms with Gasteiger partial charge in [0.15, 0.2) is 0 Å². The highest BCUT2D eigenvalue weighted by Gasteiger charge is 2.24. The van der Waals surface area contributed by atoms with E-state index in [1.54, 1.807) is 0 Å². The number of aromatic nitrogens is 2. The Balaban J connectivity index is 2.11. The topological polar surface area (TPSA) is 50.3 Å². The molecular weight excluding hydrogens is 214 g/mol. The smallest absolute Gasteiger partial charge is 0.150 e. The van der Waals surface area contributed by atoms with Gasteiger partial charge in [-0.15, -0.1) is 0 Å². The number of nitrogen functional groups attached to an aromatic ring is 1. The van der Waals surface area contributed by atoms with Crippen molar-refractivity contribution in [2.75, 3.05) is 37.8 Å². The highest BCUT2D eigenvalue weighted by molar-refractivity contribution is 5.65. The van der Waals surface area contributed by atoms with Crippen LogP contribution in [0.15, 0.2) is 0 Å². The molecule has 0 spiro atoms.